The number of likely N-dealkylation sites (N-methyl/N-ethyl adjacent to an activating group) is 1. The van der Waals surface area contributed by atoms with Crippen LogP contribution in [-0.4, -0.2) is 38.0 Å². The fourth-order valence-electron chi connectivity index (χ4n) is 2.98. The summed E-state index contributed by atoms with van der Waals surface area (Å²) >= 11 is 0. The predicted molar refractivity (Wildman–Crippen MR) is 102 cm³/mol. The second kappa shape index (κ2) is 8.65. The molecule has 0 amide bonds. The number of phenols is 1. The highest BCUT2D eigenvalue weighted by Crippen LogP contribution is 2.20. The highest BCUT2D eigenvalue weighted by Gasteiger charge is 2.13. The number of aliphatic hydroxyl groups is 1. The van der Waals surface area contributed by atoms with Crippen LogP contribution in [-0.2, 0) is 13.1 Å². The van der Waals surface area contributed by atoms with Crippen LogP contribution in [0.3, 0.4) is 0 Å². The van der Waals surface area contributed by atoms with Gasteiger partial charge in [0.15, 0.2) is 0 Å². The highest BCUT2D eigenvalue weighted by atomic mass is 16.3. The lowest BCUT2D eigenvalue weighted by Gasteiger charge is -2.24. The lowest BCUT2D eigenvalue weighted by Crippen LogP contribution is -2.28. The lowest BCUT2D eigenvalue weighted by atomic mass is 10.1. The zero-order valence-corrected chi connectivity index (χ0v) is 15.0. The van der Waals surface area contributed by atoms with Crippen molar-refractivity contribution >= 4 is 0 Å². The molecule has 0 spiro atoms. The van der Waals surface area contributed by atoms with Crippen molar-refractivity contribution in [3.63, 3.8) is 0 Å². The molecule has 2 aromatic carbocycles. The number of aromatic nitrogens is 2. The van der Waals surface area contributed by atoms with E-state index in [-0.39, 0.29) is 5.75 Å². The Morgan fingerprint density at radius 1 is 1.08 bits per heavy atom. The van der Waals surface area contributed by atoms with E-state index in [1.807, 2.05) is 23.0 Å². The van der Waals surface area contributed by atoms with Gasteiger partial charge in [0.05, 0.1) is 12.6 Å². The number of rotatable bonds is 8. The number of hydrogen-bond donors (Lipinski definition) is 2. The van der Waals surface area contributed by atoms with Crippen LogP contribution in [0.15, 0.2) is 67.0 Å². The van der Waals surface area contributed by atoms with Gasteiger partial charge in [-0.25, -0.2) is 0 Å². The van der Waals surface area contributed by atoms with Gasteiger partial charge in [0.25, 0.3) is 0 Å². The minimum atomic E-state index is -0.624. The van der Waals surface area contributed by atoms with Crippen LogP contribution in [0.5, 0.6) is 5.75 Å². The first kappa shape index (κ1) is 18.2. The Morgan fingerprint density at radius 3 is 2.50 bits per heavy atom. The Bertz CT molecular complexity index is 800. The Kier molecular flexibility index (Phi) is 6.04. The summed E-state index contributed by atoms with van der Waals surface area (Å²) in [5, 5.41) is 24.3. The first-order valence-corrected chi connectivity index (χ1v) is 8.88. The first-order chi connectivity index (χ1) is 12.6. The van der Waals surface area contributed by atoms with Crippen molar-refractivity contribution in [1.29, 1.82) is 0 Å². The van der Waals surface area contributed by atoms with E-state index >= 15 is 0 Å². The van der Waals surface area contributed by atoms with Crippen LogP contribution in [0.25, 0.3) is 0 Å². The Hall–Kier alpha value is -2.63. The molecule has 5 nitrogen and oxygen atoms in total. The molecule has 2 N–H and O–H groups in total. The van der Waals surface area contributed by atoms with Gasteiger partial charge in [0, 0.05) is 25.5 Å². The standard InChI is InChI=1S/C21H25N3O2/c1-2-23(16-21(26)19-5-3-6-20(25)13-19)14-17-7-9-18(10-8-17)15-24-12-4-11-22-24/h3-13,21,25-26H,2,14-16H2,1H3/t21-/m0/s1. The van der Waals surface area contributed by atoms with E-state index in [2.05, 4.69) is 41.2 Å². The molecule has 5 heteroatoms. The normalized spacial score (nSPS) is 12.4. The molecule has 0 bridgehead atoms. The van der Waals surface area contributed by atoms with E-state index in [0.29, 0.717) is 6.54 Å². The molecule has 1 heterocycles. The van der Waals surface area contributed by atoms with Crippen LogP contribution >= 0.6 is 0 Å². The molecular formula is C21H25N3O2. The second-order valence-electron chi connectivity index (χ2n) is 6.46. The highest BCUT2D eigenvalue weighted by molar-refractivity contribution is 5.29. The maximum absolute atomic E-state index is 10.4. The van der Waals surface area contributed by atoms with Gasteiger partial charge in [-0.15, -0.1) is 0 Å². The van der Waals surface area contributed by atoms with E-state index in [1.54, 1.807) is 24.4 Å². The predicted octanol–water partition coefficient (Wildman–Crippen LogP) is 3.19. The maximum atomic E-state index is 10.4. The van der Waals surface area contributed by atoms with Crippen molar-refractivity contribution in [2.24, 2.45) is 0 Å². The molecular weight excluding hydrogens is 326 g/mol. The van der Waals surface area contributed by atoms with E-state index in [4.69, 9.17) is 0 Å². The fourth-order valence-corrected chi connectivity index (χ4v) is 2.98. The average Bonchev–Trinajstić information content (AvgIpc) is 3.15. The third kappa shape index (κ3) is 4.94. The zero-order chi connectivity index (χ0) is 18.4. The molecule has 0 unspecified atom stereocenters. The van der Waals surface area contributed by atoms with Gasteiger partial charge in [-0.3, -0.25) is 9.58 Å². The number of benzene rings is 2. The topological polar surface area (TPSA) is 61.5 Å². The number of aromatic hydroxyl groups is 1. The molecule has 0 saturated carbocycles. The Labute approximate surface area is 154 Å². The van der Waals surface area contributed by atoms with Crippen LogP contribution in [0.2, 0.25) is 0 Å². The molecule has 1 atom stereocenters. The van der Waals surface area contributed by atoms with Crippen molar-refractivity contribution < 1.29 is 10.2 Å². The quantitative estimate of drug-likeness (QED) is 0.654. The van der Waals surface area contributed by atoms with Gasteiger partial charge in [0.1, 0.15) is 5.75 Å². The monoisotopic (exact) mass is 351 g/mol. The van der Waals surface area contributed by atoms with Gasteiger partial charge < -0.3 is 10.2 Å². The van der Waals surface area contributed by atoms with Gasteiger partial charge in [-0.05, 0) is 41.4 Å². The van der Waals surface area contributed by atoms with Crippen molar-refractivity contribution in [1.82, 2.24) is 14.7 Å². The SMILES string of the molecule is CCN(Cc1ccc(Cn2cccn2)cc1)C[C@H](O)c1cccc(O)c1. The van der Waals surface area contributed by atoms with Crippen molar-refractivity contribution in [3.05, 3.63) is 83.7 Å². The van der Waals surface area contributed by atoms with E-state index in [1.165, 1.54) is 11.1 Å². The number of hydrogen-bond acceptors (Lipinski definition) is 4. The molecule has 1 aromatic heterocycles. The third-order valence-electron chi connectivity index (χ3n) is 4.47. The number of phenolic OH excluding ortho intramolecular Hbond substituents is 1. The molecule has 0 radical (unpaired) electrons. The molecule has 0 aliphatic rings. The third-order valence-corrected chi connectivity index (χ3v) is 4.47. The molecule has 3 rings (SSSR count). The zero-order valence-electron chi connectivity index (χ0n) is 15.0. The summed E-state index contributed by atoms with van der Waals surface area (Å²) in [6.07, 6.45) is 3.11. The van der Waals surface area contributed by atoms with Crippen LogP contribution < -0.4 is 0 Å². The van der Waals surface area contributed by atoms with Crippen LogP contribution in [0.1, 0.15) is 29.7 Å². The van der Waals surface area contributed by atoms with Crippen LogP contribution in [0.4, 0.5) is 0 Å². The van der Waals surface area contributed by atoms with Gasteiger partial charge >= 0.3 is 0 Å². The summed E-state index contributed by atoms with van der Waals surface area (Å²) in [7, 11) is 0. The minimum Gasteiger partial charge on any atom is -0.508 e. The second-order valence-corrected chi connectivity index (χ2v) is 6.46. The number of nitrogens with zero attached hydrogens (tertiary/aromatic N) is 3. The summed E-state index contributed by atoms with van der Waals surface area (Å²) in [6, 6.07) is 17.2. The summed E-state index contributed by atoms with van der Waals surface area (Å²) in [5.74, 6) is 0.178. The Morgan fingerprint density at radius 2 is 1.85 bits per heavy atom. The van der Waals surface area contributed by atoms with Gasteiger partial charge in [-0.1, -0.05) is 43.3 Å². The van der Waals surface area contributed by atoms with Crippen LogP contribution in [0, 0.1) is 0 Å². The molecule has 0 saturated heterocycles. The summed E-state index contributed by atoms with van der Waals surface area (Å²) < 4.78 is 1.90. The molecule has 0 fully saturated rings. The van der Waals surface area contributed by atoms with Crippen molar-refractivity contribution in [3.8, 4) is 5.75 Å². The smallest absolute Gasteiger partial charge is 0.115 e. The van der Waals surface area contributed by atoms with Gasteiger partial charge in [0.2, 0.25) is 0 Å². The van der Waals surface area contributed by atoms with E-state index < -0.39 is 6.10 Å². The first-order valence-electron chi connectivity index (χ1n) is 8.88. The molecule has 3 aromatic rings. The molecule has 0 aliphatic heterocycles. The fraction of sp³-hybridized carbons (Fsp3) is 0.286. The Balaban J connectivity index is 1.59. The molecule has 26 heavy (non-hydrogen) atoms. The molecule has 136 valence electrons. The van der Waals surface area contributed by atoms with E-state index in [9.17, 15) is 10.2 Å². The molecule has 0 aliphatic carbocycles. The average molecular weight is 351 g/mol. The minimum absolute atomic E-state index is 0.178. The van der Waals surface area contributed by atoms with Gasteiger partial charge in [-0.2, -0.15) is 5.10 Å². The van der Waals surface area contributed by atoms with E-state index in [0.717, 1.165) is 25.2 Å². The maximum Gasteiger partial charge on any atom is 0.115 e. The largest absolute Gasteiger partial charge is 0.508 e. The summed E-state index contributed by atoms with van der Waals surface area (Å²) in [6.45, 7) is 4.98. The van der Waals surface area contributed by atoms with Crippen molar-refractivity contribution in [2.45, 2.75) is 26.1 Å². The number of aliphatic hydroxyl groups excluding tert-OH is 1. The lowest BCUT2D eigenvalue weighted by molar-refractivity contribution is 0.112. The van der Waals surface area contributed by atoms with Crippen molar-refractivity contribution in [2.75, 3.05) is 13.1 Å². The summed E-state index contributed by atoms with van der Waals surface area (Å²) in [4.78, 5) is 2.19. The summed E-state index contributed by atoms with van der Waals surface area (Å²) in [5.41, 5.74) is 3.15.